The SMILES string of the molecule is CCN(CC(=O)NCc1ccccc1F)c1ccccc1. The van der Waals surface area contributed by atoms with Crippen molar-refractivity contribution in [3.63, 3.8) is 0 Å². The van der Waals surface area contributed by atoms with Crippen LogP contribution in [0.4, 0.5) is 10.1 Å². The third-order valence-electron chi connectivity index (χ3n) is 3.27. The number of anilines is 1. The van der Waals surface area contributed by atoms with Crippen LogP contribution >= 0.6 is 0 Å². The number of carbonyl (C=O) groups excluding carboxylic acids is 1. The fraction of sp³-hybridized carbons (Fsp3) is 0.235. The molecule has 4 heteroatoms. The Balaban J connectivity index is 1.90. The molecule has 0 fully saturated rings. The highest BCUT2D eigenvalue weighted by molar-refractivity contribution is 5.81. The number of amides is 1. The molecule has 1 N–H and O–H groups in total. The molecule has 0 aliphatic heterocycles. The van der Waals surface area contributed by atoms with E-state index in [4.69, 9.17) is 0 Å². The maximum Gasteiger partial charge on any atom is 0.239 e. The Morgan fingerprint density at radius 3 is 2.43 bits per heavy atom. The first kappa shape index (κ1) is 15.0. The van der Waals surface area contributed by atoms with E-state index in [9.17, 15) is 9.18 Å². The second-order valence-electron chi connectivity index (χ2n) is 4.72. The molecule has 110 valence electrons. The lowest BCUT2D eigenvalue weighted by molar-refractivity contribution is -0.119. The first-order valence-electron chi connectivity index (χ1n) is 7.00. The van der Waals surface area contributed by atoms with Crippen LogP contribution < -0.4 is 10.2 Å². The summed E-state index contributed by atoms with van der Waals surface area (Å²) in [6.45, 7) is 3.20. The van der Waals surface area contributed by atoms with Crippen molar-refractivity contribution in [1.82, 2.24) is 5.32 Å². The molecule has 2 rings (SSSR count). The van der Waals surface area contributed by atoms with E-state index >= 15 is 0 Å². The summed E-state index contributed by atoms with van der Waals surface area (Å²) in [6.07, 6.45) is 0. The van der Waals surface area contributed by atoms with E-state index in [1.165, 1.54) is 6.07 Å². The van der Waals surface area contributed by atoms with Gasteiger partial charge in [-0.2, -0.15) is 0 Å². The van der Waals surface area contributed by atoms with Gasteiger partial charge in [-0.25, -0.2) is 4.39 Å². The Hall–Kier alpha value is -2.36. The minimum atomic E-state index is -0.298. The van der Waals surface area contributed by atoms with Gasteiger partial charge in [0, 0.05) is 24.3 Å². The monoisotopic (exact) mass is 286 g/mol. The summed E-state index contributed by atoms with van der Waals surface area (Å²) in [5.41, 5.74) is 1.50. The van der Waals surface area contributed by atoms with Crippen LogP contribution in [0.5, 0.6) is 0 Å². The largest absolute Gasteiger partial charge is 0.363 e. The molecule has 0 unspecified atom stereocenters. The van der Waals surface area contributed by atoms with Crippen molar-refractivity contribution < 1.29 is 9.18 Å². The summed E-state index contributed by atoms with van der Waals surface area (Å²) < 4.78 is 13.5. The lowest BCUT2D eigenvalue weighted by Crippen LogP contribution is -2.37. The molecule has 2 aromatic rings. The Morgan fingerprint density at radius 2 is 1.76 bits per heavy atom. The third-order valence-corrected chi connectivity index (χ3v) is 3.27. The van der Waals surface area contributed by atoms with Crippen molar-refractivity contribution in [2.45, 2.75) is 13.5 Å². The Kier molecular flexibility index (Phi) is 5.32. The van der Waals surface area contributed by atoms with Gasteiger partial charge in [0.05, 0.1) is 6.54 Å². The molecule has 0 saturated heterocycles. The number of likely N-dealkylation sites (N-methyl/N-ethyl adjacent to an activating group) is 1. The summed E-state index contributed by atoms with van der Waals surface area (Å²) in [7, 11) is 0. The minimum Gasteiger partial charge on any atom is -0.363 e. The van der Waals surface area contributed by atoms with E-state index < -0.39 is 0 Å². The van der Waals surface area contributed by atoms with Crippen molar-refractivity contribution in [1.29, 1.82) is 0 Å². The average molecular weight is 286 g/mol. The van der Waals surface area contributed by atoms with Gasteiger partial charge in [0.2, 0.25) is 5.91 Å². The highest BCUT2D eigenvalue weighted by atomic mass is 19.1. The molecule has 0 bridgehead atoms. The van der Waals surface area contributed by atoms with Gasteiger partial charge < -0.3 is 10.2 Å². The second-order valence-corrected chi connectivity index (χ2v) is 4.72. The molecular weight excluding hydrogens is 267 g/mol. The maximum atomic E-state index is 13.5. The Labute approximate surface area is 124 Å². The predicted molar refractivity (Wildman–Crippen MR) is 82.6 cm³/mol. The first-order valence-corrected chi connectivity index (χ1v) is 7.00. The summed E-state index contributed by atoms with van der Waals surface area (Å²) in [4.78, 5) is 14.0. The quantitative estimate of drug-likeness (QED) is 0.885. The highest BCUT2D eigenvalue weighted by Crippen LogP contribution is 2.12. The van der Waals surface area contributed by atoms with Crippen molar-refractivity contribution >= 4 is 11.6 Å². The molecule has 0 aliphatic carbocycles. The van der Waals surface area contributed by atoms with E-state index in [1.54, 1.807) is 18.2 Å². The molecule has 0 heterocycles. The predicted octanol–water partition coefficient (Wildman–Crippen LogP) is 2.97. The van der Waals surface area contributed by atoms with Gasteiger partial charge in [0.25, 0.3) is 0 Å². The van der Waals surface area contributed by atoms with Crippen molar-refractivity contribution in [2.75, 3.05) is 18.0 Å². The zero-order chi connectivity index (χ0) is 15.1. The maximum absolute atomic E-state index is 13.5. The van der Waals surface area contributed by atoms with Gasteiger partial charge in [0.15, 0.2) is 0 Å². The zero-order valence-corrected chi connectivity index (χ0v) is 12.1. The Morgan fingerprint density at radius 1 is 1.10 bits per heavy atom. The van der Waals surface area contributed by atoms with Crippen molar-refractivity contribution in [3.05, 3.63) is 66.0 Å². The number of nitrogens with zero attached hydrogens (tertiary/aromatic N) is 1. The van der Waals surface area contributed by atoms with Gasteiger partial charge in [-0.1, -0.05) is 36.4 Å². The lowest BCUT2D eigenvalue weighted by Gasteiger charge is -2.22. The summed E-state index contributed by atoms with van der Waals surface area (Å²) in [5, 5.41) is 2.75. The molecule has 0 radical (unpaired) electrons. The third kappa shape index (κ3) is 4.31. The molecule has 1 amide bonds. The molecule has 0 aliphatic rings. The van der Waals surface area contributed by atoms with E-state index in [0.29, 0.717) is 5.56 Å². The number of benzene rings is 2. The van der Waals surface area contributed by atoms with Crippen LogP contribution in [0.2, 0.25) is 0 Å². The topological polar surface area (TPSA) is 32.3 Å². The Bertz CT molecular complexity index is 586. The number of rotatable bonds is 6. The highest BCUT2D eigenvalue weighted by Gasteiger charge is 2.10. The molecule has 0 aromatic heterocycles. The number of para-hydroxylation sites is 1. The molecule has 0 spiro atoms. The average Bonchev–Trinajstić information content (AvgIpc) is 2.52. The second kappa shape index (κ2) is 7.43. The summed E-state index contributed by atoms with van der Waals surface area (Å²) >= 11 is 0. The van der Waals surface area contributed by atoms with Gasteiger partial charge >= 0.3 is 0 Å². The fourth-order valence-electron chi connectivity index (χ4n) is 2.09. The lowest BCUT2D eigenvalue weighted by atomic mass is 10.2. The minimum absolute atomic E-state index is 0.121. The normalized spacial score (nSPS) is 10.2. The van der Waals surface area contributed by atoms with Gasteiger partial charge in [-0.05, 0) is 25.1 Å². The number of halogens is 1. The zero-order valence-electron chi connectivity index (χ0n) is 12.1. The van der Waals surface area contributed by atoms with E-state index in [1.807, 2.05) is 42.2 Å². The van der Waals surface area contributed by atoms with Crippen LogP contribution in [-0.4, -0.2) is 19.0 Å². The smallest absolute Gasteiger partial charge is 0.239 e. The standard InChI is InChI=1S/C17H19FN2O/c1-2-20(15-9-4-3-5-10-15)13-17(21)19-12-14-8-6-7-11-16(14)18/h3-11H,2,12-13H2,1H3,(H,19,21). The fourth-order valence-corrected chi connectivity index (χ4v) is 2.09. The van der Waals surface area contributed by atoms with Crippen LogP contribution in [0, 0.1) is 5.82 Å². The van der Waals surface area contributed by atoms with Crippen molar-refractivity contribution in [3.8, 4) is 0 Å². The molecule has 21 heavy (non-hydrogen) atoms. The van der Waals surface area contributed by atoms with Gasteiger partial charge in [-0.3, -0.25) is 4.79 Å². The van der Waals surface area contributed by atoms with Crippen LogP contribution in [0.15, 0.2) is 54.6 Å². The van der Waals surface area contributed by atoms with Crippen molar-refractivity contribution in [2.24, 2.45) is 0 Å². The van der Waals surface area contributed by atoms with Crippen LogP contribution in [-0.2, 0) is 11.3 Å². The molecule has 3 nitrogen and oxygen atoms in total. The molecular formula is C17H19FN2O. The van der Waals surface area contributed by atoms with Crippen LogP contribution in [0.3, 0.4) is 0 Å². The van der Waals surface area contributed by atoms with E-state index in [0.717, 1.165) is 12.2 Å². The molecule has 0 atom stereocenters. The van der Waals surface area contributed by atoms with Crippen LogP contribution in [0.25, 0.3) is 0 Å². The molecule has 0 saturated carbocycles. The van der Waals surface area contributed by atoms with E-state index in [-0.39, 0.29) is 24.8 Å². The summed E-state index contributed by atoms with van der Waals surface area (Å²) in [6, 6.07) is 16.2. The molecule has 2 aromatic carbocycles. The van der Waals surface area contributed by atoms with Crippen LogP contribution in [0.1, 0.15) is 12.5 Å². The number of nitrogens with one attached hydrogen (secondary N) is 1. The number of hydrogen-bond donors (Lipinski definition) is 1. The van der Waals surface area contributed by atoms with E-state index in [2.05, 4.69) is 5.32 Å². The number of carbonyl (C=O) groups is 1. The van der Waals surface area contributed by atoms with Gasteiger partial charge in [0.1, 0.15) is 5.82 Å². The van der Waals surface area contributed by atoms with Gasteiger partial charge in [-0.15, -0.1) is 0 Å². The summed E-state index contributed by atoms with van der Waals surface area (Å²) in [5.74, 6) is -0.419. The first-order chi connectivity index (χ1) is 10.2. The number of hydrogen-bond acceptors (Lipinski definition) is 2.